The molecule has 4 aliphatic heterocycles. The highest BCUT2D eigenvalue weighted by Crippen LogP contribution is 2.50. The first kappa shape index (κ1) is 35.3. The van der Waals surface area contributed by atoms with Crippen molar-refractivity contribution in [2.24, 2.45) is 11.3 Å². The average molecular weight is 752 g/mol. The van der Waals surface area contributed by atoms with Crippen LogP contribution in [-0.4, -0.2) is 84.8 Å². The van der Waals surface area contributed by atoms with E-state index in [2.05, 4.69) is 35.7 Å². The fraction of sp³-hybridized carbons (Fsp3) is 0.439. The second kappa shape index (κ2) is 14.0. The summed E-state index contributed by atoms with van der Waals surface area (Å²) in [5.74, 6) is -0.820. The SMILES string of the molecule is Cc1c(-c2cc3cc(NC(=O)OC4CC5(CCN(CC6CN(c7ccc(C8CCC(=O)NC8=O)c(F)c7)C6)CC5)C4)ncc3cc2F)cnc2c1NCCO2. The molecule has 3 amide bonds. The van der Waals surface area contributed by atoms with E-state index in [1.807, 2.05) is 13.0 Å². The number of likely N-dealkylation sites (tertiary alicyclic amines) is 1. The number of rotatable bonds is 7. The van der Waals surface area contributed by atoms with E-state index in [1.165, 1.54) is 12.1 Å². The van der Waals surface area contributed by atoms with Gasteiger partial charge in [-0.05, 0) is 98.8 Å². The minimum atomic E-state index is -0.631. The fourth-order valence-electron chi connectivity index (χ4n) is 9.07. The van der Waals surface area contributed by atoms with Crippen LogP contribution in [0.1, 0.15) is 55.6 Å². The molecule has 1 atom stereocenters. The minimum Gasteiger partial charge on any atom is -0.474 e. The fourth-order valence-corrected chi connectivity index (χ4v) is 9.07. The molecule has 1 saturated carbocycles. The topological polar surface area (TPSA) is 138 Å². The van der Waals surface area contributed by atoms with Gasteiger partial charge < -0.3 is 24.6 Å². The molecule has 6 heterocycles. The van der Waals surface area contributed by atoms with Crippen LogP contribution in [0.3, 0.4) is 0 Å². The van der Waals surface area contributed by atoms with Crippen molar-refractivity contribution in [3.05, 3.63) is 71.6 Å². The molecule has 1 spiro atoms. The highest BCUT2D eigenvalue weighted by Gasteiger charge is 2.48. The summed E-state index contributed by atoms with van der Waals surface area (Å²) in [7, 11) is 0. The van der Waals surface area contributed by atoms with Crippen LogP contribution in [0.5, 0.6) is 5.88 Å². The summed E-state index contributed by atoms with van der Waals surface area (Å²) in [5.41, 5.74) is 4.03. The van der Waals surface area contributed by atoms with Gasteiger partial charge in [0.2, 0.25) is 17.7 Å². The molecule has 1 aliphatic carbocycles. The highest BCUT2D eigenvalue weighted by atomic mass is 19.1. The highest BCUT2D eigenvalue weighted by molar-refractivity contribution is 6.01. The Morgan fingerprint density at radius 3 is 2.62 bits per heavy atom. The Morgan fingerprint density at radius 2 is 1.84 bits per heavy atom. The van der Waals surface area contributed by atoms with Crippen LogP contribution in [0.2, 0.25) is 0 Å². The number of hydrogen-bond donors (Lipinski definition) is 3. The van der Waals surface area contributed by atoms with Crippen molar-refractivity contribution in [2.45, 2.75) is 57.5 Å². The smallest absolute Gasteiger partial charge is 0.413 e. The van der Waals surface area contributed by atoms with Gasteiger partial charge in [0, 0.05) is 78.7 Å². The Balaban J connectivity index is 0.731. The number of aromatic nitrogens is 2. The zero-order chi connectivity index (χ0) is 37.8. The lowest BCUT2D eigenvalue weighted by molar-refractivity contribution is -0.134. The molecule has 2 aromatic carbocycles. The van der Waals surface area contributed by atoms with Crippen LogP contribution >= 0.6 is 0 Å². The normalized spacial score (nSPS) is 21.2. The number of hydrogen-bond acceptors (Lipinski definition) is 10. The molecule has 5 aliphatic rings. The number of imide groups is 1. The lowest BCUT2D eigenvalue weighted by atomic mass is 9.61. The number of carbonyl (C=O) groups excluding carboxylic acids is 3. The maximum absolute atomic E-state index is 15.3. The van der Waals surface area contributed by atoms with Gasteiger partial charge in [0.05, 0.1) is 5.92 Å². The summed E-state index contributed by atoms with van der Waals surface area (Å²) >= 11 is 0. The number of carbonyl (C=O) groups is 3. The van der Waals surface area contributed by atoms with Gasteiger partial charge in [-0.25, -0.2) is 23.5 Å². The van der Waals surface area contributed by atoms with Crippen molar-refractivity contribution in [2.75, 3.05) is 61.4 Å². The Kier molecular flexibility index (Phi) is 9.02. The maximum Gasteiger partial charge on any atom is 0.413 e. The van der Waals surface area contributed by atoms with E-state index >= 15 is 8.78 Å². The van der Waals surface area contributed by atoms with Crippen molar-refractivity contribution in [3.63, 3.8) is 0 Å². The Hall–Kier alpha value is -5.37. The van der Waals surface area contributed by atoms with E-state index in [0.29, 0.717) is 59.3 Å². The van der Waals surface area contributed by atoms with E-state index in [0.717, 1.165) is 80.7 Å². The van der Waals surface area contributed by atoms with Gasteiger partial charge in [0.1, 0.15) is 35.9 Å². The Labute approximate surface area is 317 Å². The largest absolute Gasteiger partial charge is 0.474 e. The second-order valence-electron chi connectivity index (χ2n) is 15.8. The number of nitrogens with zero attached hydrogens (tertiary/aromatic N) is 4. The number of pyridine rings is 2. The molecule has 0 bridgehead atoms. The van der Waals surface area contributed by atoms with Crippen molar-refractivity contribution in [1.82, 2.24) is 20.2 Å². The van der Waals surface area contributed by atoms with Crippen molar-refractivity contribution < 1.29 is 32.6 Å². The average Bonchev–Trinajstić information content (AvgIpc) is 3.13. The number of nitrogens with one attached hydrogen (secondary N) is 3. The lowest BCUT2D eigenvalue weighted by Crippen LogP contribution is -2.55. The summed E-state index contributed by atoms with van der Waals surface area (Å²) in [5, 5.41) is 9.71. The van der Waals surface area contributed by atoms with Crippen LogP contribution in [0, 0.1) is 29.9 Å². The quantitative estimate of drug-likeness (QED) is 0.189. The van der Waals surface area contributed by atoms with Gasteiger partial charge in [-0.3, -0.25) is 20.2 Å². The van der Waals surface area contributed by atoms with Gasteiger partial charge in [0.15, 0.2) is 0 Å². The lowest BCUT2D eigenvalue weighted by Gasteiger charge is -2.52. The first-order chi connectivity index (χ1) is 26.6. The molecule has 286 valence electrons. The summed E-state index contributed by atoms with van der Waals surface area (Å²) in [6.07, 6.45) is 6.82. The van der Waals surface area contributed by atoms with Crippen LogP contribution in [-0.2, 0) is 14.3 Å². The molecular formula is C41H43F2N7O5. The van der Waals surface area contributed by atoms with Gasteiger partial charge in [-0.15, -0.1) is 0 Å². The third-order valence-electron chi connectivity index (χ3n) is 12.2. The van der Waals surface area contributed by atoms with Crippen LogP contribution in [0.4, 0.5) is 30.8 Å². The zero-order valence-electron chi connectivity index (χ0n) is 30.6. The summed E-state index contributed by atoms with van der Waals surface area (Å²) in [4.78, 5) is 50.0. The second-order valence-corrected chi connectivity index (χ2v) is 15.8. The number of halogens is 2. The Bertz CT molecular complexity index is 2200. The number of amides is 3. The van der Waals surface area contributed by atoms with Gasteiger partial charge in [-0.1, -0.05) is 6.07 Å². The summed E-state index contributed by atoms with van der Waals surface area (Å²) in [6.45, 7) is 7.79. The first-order valence-corrected chi connectivity index (χ1v) is 19.1. The number of ether oxygens (including phenoxy) is 2. The predicted molar refractivity (Wildman–Crippen MR) is 202 cm³/mol. The molecule has 12 nitrogen and oxygen atoms in total. The van der Waals surface area contributed by atoms with E-state index in [-0.39, 0.29) is 29.7 Å². The molecule has 9 rings (SSSR count). The van der Waals surface area contributed by atoms with E-state index in [9.17, 15) is 14.4 Å². The van der Waals surface area contributed by atoms with Crippen molar-refractivity contribution in [3.8, 4) is 17.0 Å². The van der Waals surface area contributed by atoms with Gasteiger partial charge in [0.25, 0.3) is 0 Å². The van der Waals surface area contributed by atoms with Crippen LogP contribution in [0.15, 0.2) is 48.8 Å². The zero-order valence-corrected chi connectivity index (χ0v) is 30.6. The number of piperidine rings is 2. The van der Waals surface area contributed by atoms with E-state index in [4.69, 9.17) is 9.47 Å². The molecular weight excluding hydrogens is 708 g/mol. The molecule has 3 saturated heterocycles. The molecule has 4 fully saturated rings. The number of fused-ring (bicyclic) bond motifs is 2. The van der Waals surface area contributed by atoms with Crippen molar-refractivity contribution in [1.29, 1.82) is 0 Å². The van der Waals surface area contributed by atoms with Gasteiger partial charge >= 0.3 is 6.09 Å². The number of anilines is 3. The molecule has 1 unspecified atom stereocenters. The number of benzene rings is 2. The molecule has 2 aromatic heterocycles. The van der Waals surface area contributed by atoms with E-state index < -0.39 is 23.7 Å². The molecule has 55 heavy (non-hydrogen) atoms. The minimum absolute atomic E-state index is 0.147. The molecule has 4 aromatic rings. The van der Waals surface area contributed by atoms with Crippen LogP contribution in [0.25, 0.3) is 21.9 Å². The van der Waals surface area contributed by atoms with E-state index in [1.54, 1.807) is 30.6 Å². The third kappa shape index (κ3) is 6.92. The molecule has 3 N–H and O–H groups in total. The third-order valence-corrected chi connectivity index (χ3v) is 12.2. The summed E-state index contributed by atoms with van der Waals surface area (Å²) in [6, 6.07) is 9.98. The van der Waals surface area contributed by atoms with Crippen LogP contribution < -0.4 is 25.6 Å². The van der Waals surface area contributed by atoms with Gasteiger partial charge in [-0.2, -0.15) is 0 Å². The molecule has 0 radical (unpaired) electrons. The summed E-state index contributed by atoms with van der Waals surface area (Å²) < 4.78 is 41.7. The Morgan fingerprint density at radius 1 is 1.02 bits per heavy atom. The first-order valence-electron chi connectivity index (χ1n) is 19.1. The van der Waals surface area contributed by atoms with Crippen molar-refractivity contribution >= 4 is 45.9 Å². The molecule has 14 heteroatoms. The predicted octanol–water partition coefficient (Wildman–Crippen LogP) is 6.14. The standard InChI is InChI=1S/C41H43F2N7O5/c1-23-32(19-46-39-37(23)44-8-11-54-39)31-12-25-14-35(45-18-26(25)13-33(31)42)47-40(53)55-28-16-41(17-28)6-9-49(10-7-41)20-24-21-50(22-24)27-2-3-29(34(43)15-27)30-4-5-36(51)48-38(30)52/h2-3,12-15,18-19,24,28,30,44H,4-11,16-17,20-22H2,1H3,(H,45,47,53)(H,48,51,52). The monoisotopic (exact) mass is 751 g/mol. The maximum atomic E-state index is 15.3.